The molecule has 0 unspecified atom stereocenters. The summed E-state index contributed by atoms with van der Waals surface area (Å²) in [5, 5.41) is 0. The third-order valence-electron chi connectivity index (χ3n) is 2.28. The van der Waals surface area contributed by atoms with E-state index in [1.807, 2.05) is 13.0 Å². The Labute approximate surface area is 92.1 Å². The smallest absolute Gasteiger partial charge is 0.328 e. The maximum atomic E-state index is 12.0. The monoisotopic (exact) mass is 217 g/mol. The second kappa shape index (κ2) is 3.81. The minimum absolute atomic E-state index is 0.330. The van der Waals surface area contributed by atoms with E-state index in [1.165, 1.54) is 6.07 Å². The molecule has 0 atom stereocenters. The average molecular weight is 217 g/mol. The zero-order valence-electron chi connectivity index (χ0n) is 9.06. The number of aromatic nitrogens is 1. The van der Waals surface area contributed by atoms with E-state index in [0.717, 1.165) is 10.3 Å². The van der Waals surface area contributed by atoms with Crippen LogP contribution in [-0.2, 0) is 0 Å². The molecule has 4 heteroatoms. The second-order valence-electron chi connectivity index (χ2n) is 3.67. The molecule has 0 aliphatic carbocycles. The maximum absolute atomic E-state index is 12.0. The summed E-state index contributed by atoms with van der Waals surface area (Å²) in [5.74, 6) is -0.330. The third kappa shape index (κ3) is 1.82. The highest BCUT2D eigenvalue weighted by Gasteiger charge is 2.13. The molecule has 0 aliphatic heterocycles. The Morgan fingerprint density at radius 3 is 2.56 bits per heavy atom. The van der Waals surface area contributed by atoms with E-state index in [4.69, 9.17) is 4.52 Å². The Morgan fingerprint density at radius 2 is 2.00 bits per heavy atom. The van der Waals surface area contributed by atoms with Crippen molar-refractivity contribution in [2.75, 3.05) is 0 Å². The van der Waals surface area contributed by atoms with E-state index in [0.29, 0.717) is 11.3 Å². The molecule has 0 radical (unpaired) electrons. The Bertz CT molecular complexity index is 592. The van der Waals surface area contributed by atoms with Crippen molar-refractivity contribution in [1.29, 1.82) is 0 Å². The normalized spacial score (nSPS) is 10.4. The van der Waals surface area contributed by atoms with Crippen LogP contribution in [0.25, 0.3) is 0 Å². The summed E-state index contributed by atoms with van der Waals surface area (Å²) in [6.07, 6.45) is 0. The molecular weight excluding hydrogens is 206 g/mol. The highest BCUT2D eigenvalue weighted by molar-refractivity contribution is 5.95. The van der Waals surface area contributed by atoms with Gasteiger partial charge in [0, 0.05) is 11.6 Å². The molecule has 1 aromatic heterocycles. The lowest BCUT2D eigenvalue weighted by molar-refractivity contribution is 0.0833. The third-order valence-corrected chi connectivity index (χ3v) is 2.28. The van der Waals surface area contributed by atoms with Gasteiger partial charge in [0.25, 0.3) is 5.91 Å². The van der Waals surface area contributed by atoms with Crippen molar-refractivity contribution in [3.05, 3.63) is 57.6 Å². The Kier molecular flexibility index (Phi) is 2.48. The molecule has 16 heavy (non-hydrogen) atoms. The fourth-order valence-corrected chi connectivity index (χ4v) is 1.51. The molecule has 0 fully saturated rings. The van der Waals surface area contributed by atoms with Gasteiger partial charge in [0.05, 0.1) is 5.69 Å². The first kappa shape index (κ1) is 10.4. The molecule has 0 saturated carbocycles. The lowest BCUT2D eigenvalue weighted by Gasteiger charge is -2.02. The molecule has 0 saturated heterocycles. The van der Waals surface area contributed by atoms with Gasteiger partial charge < -0.3 is 4.52 Å². The quantitative estimate of drug-likeness (QED) is 0.731. The maximum Gasteiger partial charge on any atom is 0.358 e. The summed E-state index contributed by atoms with van der Waals surface area (Å²) in [7, 11) is 0. The summed E-state index contributed by atoms with van der Waals surface area (Å²) in [6.45, 7) is 3.55. The predicted octanol–water partition coefficient (Wildman–Crippen LogP) is 1.75. The summed E-state index contributed by atoms with van der Waals surface area (Å²) in [6, 6.07) is 8.42. The molecule has 0 aliphatic rings. The zero-order chi connectivity index (χ0) is 11.7. The molecule has 1 heterocycles. The van der Waals surface area contributed by atoms with Gasteiger partial charge in [-0.05, 0) is 26.0 Å². The Morgan fingerprint density at radius 1 is 1.25 bits per heavy atom. The van der Waals surface area contributed by atoms with E-state index in [1.54, 1.807) is 25.1 Å². The topological polar surface area (TPSA) is 52.2 Å². The van der Waals surface area contributed by atoms with Crippen LogP contribution >= 0.6 is 0 Å². The van der Waals surface area contributed by atoms with Gasteiger partial charge in [0.15, 0.2) is 0 Å². The summed E-state index contributed by atoms with van der Waals surface area (Å²) in [5.41, 5.74) is 1.47. The standard InChI is InChI=1S/C12H11NO3/c1-8-4-3-5-10(6-8)12(15)13-9(2)7-11(14)16-13/h3-7H,1-2H3. The van der Waals surface area contributed by atoms with Crippen molar-refractivity contribution in [3.8, 4) is 0 Å². The number of carbonyl (C=O) groups is 1. The van der Waals surface area contributed by atoms with E-state index in [2.05, 4.69) is 0 Å². The highest BCUT2D eigenvalue weighted by atomic mass is 16.5. The second-order valence-corrected chi connectivity index (χ2v) is 3.67. The van der Waals surface area contributed by atoms with Crippen LogP contribution in [0.15, 0.2) is 39.6 Å². The molecular formula is C12H11NO3. The van der Waals surface area contributed by atoms with Crippen LogP contribution in [-0.4, -0.2) is 10.6 Å². The van der Waals surface area contributed by atoms with Crippen LogP contribution in [0, 0.1) is 13.8 Å². The molecule has 2 aromatic rings. The fourth-order valence-electron chi connectivity index (χ4n) is 1.51. The summed E-state index contributed by atoms with van der Waals surface area (Å²) >= 11 is 0. The van der Waals surface area contributed by atoms with E-state index >= 15 is 0 Å². The van der Waals surface area contributed by atoms with Crippen molar-refractivity contribution in [2.24, 2.45) is 0 Å². The first-order valence-electron chi connectivity index (χ1n) is 4.89. The lowest BCUT2D eigenvalue weighted by atomic mass is 10.1. The van der Waals surface area contributed by atoms with Crippen molar-refractivity contribution >= 4 is 5.91 Å². The van der Waals surface area contributed by atoms with Crippen molar-refractivity contribution in [1.82, 2.24) is 4.74 Å². The Hall–Kier alpha value is -2.10. The fraction of sp³-hybridized carbons (Fsp3) is 0.167. The predicted molar refractivity (Wildman–Crippen MR) is 58.6 cm³/mol. The van der Waals surface area contributed by atoms with Gasteiger partial charge in [-0.1, -0.05) is 17.7 Å². The van der Waals surface area contributed by atoms with Crippen LogP contribution in [0.4, 0.5) is 0 Å². The van der Waals surface area contributed by atoms with E-state index in [9.17, 15) is 9.59 Å². The number of hydrogen-bond acceptors (Lipinski definition) is 3. The van der Waals surface area contributed by atoms with Crippen molar-refractivity contribution < 1.29 is 9.32 Å². The molecule has 1 aromatic carbocycles. The van der Waals surface area contributed by atoms with Crippen LogP contribution in [0.3, 0.4) is 0 Å². The van der Waals surface area contributed by atoms with Gasteiger partial charge in [-0.3, -0.25) is 4.79 Å². The largest absolute Gasteiger partial charge is 0.358 e. The first-order chi connectivity index (χ1) is 7.58. The van der Waals surface area contributed by atoms with Gasteiger partial charge in [-0.2, -0.15) is 0 Å². The van der Waals surface area contributed by atoms with Crippen LogP contribution in [0.5, 0.6) is 0 Å². The van der Waals surface area contributed by atoms with Gasteiger partial charge >= 0.3 is 5.63 Å². The first-order valence-corrected chi connectivity index (χ1v) is 4.89. The number of aryl methyl sites for hydroxylation is 2. The minimum Gasteiger partial charge on any atom is -0.328 e. The number of rotatable bonds is 1. The van der Waals surface area contributed by atoms with Crippen LogP contribution in [0.1, 0.15) is 21.6 Å². The molecule has 2 rings (SSSR count). The molecule has 0 bridgehead atoms. The molecule has 82 valence electrons. The lowest BCUT2D eigenvalue weighted by Crippen LogP contribution is -2.12. The number of nitrogens with zero attached hydrogens (tertiary/aromatic N) is 1. The van der Waals surface area contributed by atoms with Crippen molar-refractivity contribution in [3.63, 3.8) is 0 Å². The SMILES string of the molecule is Cc1cccc(C(=O)n2oc(=O)cc2C)c1. The van der Waals surface area contributed by atoms with Crippen LogP contribution in [0.2, 0.25) is 0 Å². The molecule has 4 nitrogen and oxygen atoms in total. The number of hydrogen-bond donors (Lipinski definition) is 0. The van der Waals surface area contributed by atoms with Crippen LogP contribution < -0.4 is 5.63 Å². The molecule has 0 amide bonds. The number of carbonyl (C=O) groups excluding carboxylic acids is 1. The minimum atomic E-state index is -0.515. The van der Waals surface area contributed by atoms with Gasteiger partial charge in [-0.25, -0.2) is 4.79 Å². The summed E-state index contributed by atoms with van der Waals surface area (Å²) < 4.78 is 5.79. The Balaban J connectivity index is 2.47. The van der Waals surface area contributed by atoms with Crippen molar-refractivity contribution in [2.45, 2.75) is 13.8 Å². The van der Waals surface area contributed by atoms with E-state index in [-0.39, 0.29) is 5.91 Å². The van der Waals surface area contributed by atoms with Gasteiger partial charge in [0.2, 0.25) is 0 Å². The van der Waals surface area contributed by atoms with Gasteiger partial charge in [-0.15, -0.1) is 4.74 Å². The van der Waals surface area contributed by atoms with E-state index < -0.39 is 5.63 Å². The average Bonchev–Trinajstić information content (AvgIpc) is 2.57. The number of benzene rings is 1. The molecule has 0 N–H and O–H groups in total. The molecule has 0 spiro atoms. The highest BCUT2D eigenvalue weighted by Crippen LogP contribution is 2.07. The summed E-state index contributed by atoms with van der Waals surface area (Å²) in [4.78, 5) is 22.9. The zero-order valence-corrected chi connectivity index (χ0v) is 9.06. The van der Waals surface area contributed by atoms with Gasteiger partial charge in [0.1, 0.15) is 0 Å².